The molecule has 4 rings (SSSR count). The van der Waals surface area contributed by atoms with Gasteiger partial charge in [-0.25, -0.2) is 0 Å². The number of benzene rings is 1. The van der Waals surface area contributed by atoms with Gasteiger partial charge in [0.15, 0.2) is 5.69 Å². The second-order valence-corrected chi connectivity index (χ2v) is 7.35. The Balaban J connectivity index is 1.76. The summed E-state index contributed by atoms with van der Waals surface area (Å²) in [4.78, 5) is 32.6. The van der Waals surface area contributed by atoms with Crippen molar-refractivity contribution in [1.82, 2.24) is 19.6 Å². The van der Waals surface area contributed by atoms with Crippen LogP contribution in [0.5, 0.6) is 0 Å². The van der Waals surface area contributed by atoms with Crippen molar-refractivity contribution in [2.24, 2.45) is 0 Å². The van der Waals surface area contributed by atoms with Gasteiger partial charge in [-0.05, 0) is 33.0 Å². The van der Waals surface area contributed by atoms with E-state index in [4.69, 9.17) is 0 Å². The molecule has 0 spiro atoms. The van der Waals surface area contributed by atoms with Crippen LogP contribution in [0.3, 0.4) is 0 Å². The Morgan fingerprint density at radius 3 is 2.61 bits per heavy atom. The number of para-hydroxylation sites is 2. The maximum absolute atomic E-state index is 13.7. The highest BCUT2D eigenvalue weighted by Gasteiger charge is 2.36. The third-order valence-corrected chi connectivity index (χ3v) is 5.63. The topological polar surface area (TPSA) is 73.7 Å². The average Bonchev–Trinajstić information content (AvgIpc) is 3.08. The molecule has 1 atom stereocenters. The summed E-state index contributed by atoms with van der Waals surface area (Å²) in [5.41, 5.74) is 2.26. The third kappa shape index (κ3) is 3.08. The monoisotopic (exact) mass is 382 g/mol. The zero-order valence-electron chi connectivity index (χ0n) is 16.6. The number of carbonyl (C=O) groups excluding carboxylic acids is 2. The van der Waals surface area contributed by atoms with Gasteiger partial charge >= 0.3 is 0 Å². The lowest BCUT2D eigenvalue weighted by atomic mass is 10.1. The number of fused-ring (bicyclic) bond motifs is 2. The average molecular weight is 382 g/mol. The van der Waals surface area contributed by atoms with Gasteiger partial charge in [0.2, 0.25) is 5.91 Å². The first-order valence-corrected chi connectivity index (χ1v) is 9.74. The molecule has 1 saturated heterocycles. The summed E-state index contributed by atoms with van der Waals surface area (Å²) in [7, 11) is 2.09. The molecule has 1 aromatic carbocycles. The lowest BCUT2D eigenvalue weighted by Gasteiger charge is -2.37. The molecule has 0 aliphatic carbocycles. The van der Waals surface area contributed by atoms with Crippen molar-refractivity contribution >= 4 is 28.9 Å². The summed E-state index contributed by atoms with van der Waals surface area (Å²) in [6.45, 7) is 7.99. The van der Waals surface area contributed by atoms with Crippen molar-refractivity contribution in [2.75, 3.05) is 43.4 Å². The largest absolute Gasteiger partial charge is 0.319 e. The number of anilines is 3. The molecule has 28 heavy (non-hydrogen) atoms. The molecule has 2 amide bonds. The van der Waals surface area contributed by atoms with E-state index in [1.54, 1.807) is 15.8 Å². The van der Waals surface area contributed by atoms with E-state index in [0.717, 1.165) is 26.2 Å². The van der Waals surface area contributed by atoms with Gasteiger partial charge in [0.1, 0.15) is 5.69 Å². The summed E-state index contributed by atoms with van der Waals surface area (Å²) in [6.07, 6.45) is 1.62. The van der Waals surface area contributed by atoms with E-state index in [1.807, 2.05) is 38.1 Å². The van der Waals surface area contributed by atoms with Crippen LogP contribution >= 0.6 is 0 Å². The molecule has 1 aromatic heterocycles. The molecular weight excluding hydrogens is 356 g/mol. The molecule has 1 fully saturated rings. The van der Waals surface area contributed by atoms with Crippen LogP contribution in [0.25, 0.3) is 0 Å². The maximum atomic E-state index is 13.7. The Hall–Kier alpha value is -2.71. The van der Waals surface area contributed by atoms with E-state index in [-0.39, 0.29) is 17.9 Å². The van der Waals surface area contributed by atoms with Crippen LogP contribution in [0.4, 0.5) is 17.1 Å². The molecule has 1 N–H and O–H groups in total. The van der Waals surface area contributed by atoms with Gasteiger partial charge in [0.05, 0.1) is 23.6 Å². The van der Waals surface area contributed by atoms with Crippen molar-refractivity contribution in [3.05, 3.63) is 36.2 Å². The Labute approximate surface area is 164 Å². The Morgan fingerprint density at radius 1 is 1.18 bits per heavy atom. The first-order chi connectivity index (χ1) is 13.5. The molecule has 2 aromatic rings. The van der Waals surface area contributed by atoms with Crippen LogP contribution < -0.4 is 10.2 Å². The van der Waals surface area contributed by atoms with Gasteiger partial charge in [0.25, 0.3) is 5.91 Å². The fourth-order valence-electron chi connectivity index (χ4n) is 3.89. The van der Waals surface area contributed by atoms with Crippen LogP contribution in [0.2, 0.25) is 0 Å². The predicted molar refractivity (Wildman–Crippen MR) is 108 cm³/mol. The minimum atomic E-state index is -0.298. The summed E-state index contributed by atoms with van der Waals surface area (Å²) in [5.74, 6) is -0.297. The van der Waals surface area contributed by atoms with Gasteiger partial charge < -0.3 is 10.2 Å². The summed E-state index contributed by atoms with van der Waals surface area (Å²) < 4.78 is 1.64. The van der Waals surface area contributed by atoms with Crippen LogP contribution in [-0.2, 0) is 11.3 Å². The van der Waals surface area contributed by atoms with Gasteiger partial charge in [-0.3, -0.25) is 24.1 Å². The summed E-state index contributed by atoms with van der Waals surface area (Å²) >= 11 is 0. The molecule has 3 heterocycles. The molecule has 8 nitrogen and oxygen atoms in total. The van der Waals surface area contributed by atoms with Gasteiger partial charge in [-0.1, -0.05) is 12.1 Å². The van der Waals surface area contributed by atoms with Crippen LogP contribution in [0.1, 0.15) is 24.3 Å². The van der Waals surface area contributed by atoms with Crippen molar-refractivity contribution in [2.45, 2.75) is 26.4 Å². The number of hydrogen-bond donors (Lipinski definition) is 1. The number of nitrogens with one attached hydrogen (secondary N) is 1. The number of aryl methyl sites for hydroxylation is 1. The van der Waals surface area contributed by atoms with Crippen LogP contribution in [0.15, 0.2) is 30.5 Å². The fourth-order valence-corrected chi connectivity index (χ4v) is 3.89. The second-order valence-electron chi connectivity index (χ2n) is 7.35. The van der Waals surface area contributed by atoms with Crippen molar-refractivity contribution in [3.63, 3.8) is 0 Å². The van der Waals surface area contributed by atoms with E-state index in [1.165, 1.54) is 0 Å². The molecule has 0 radical (unpaired) electrons. The Kier molecular flexibility index (Phi) is 4.91. The molecule has 148 valence electrons. The number of nitrogens with zero attached hydrogens (tertiary/aromatic N) is 5. The van der Waals surface area contributed by atoms with E-state index in [0.29, 0.717) is 29.3 Å². The van der Waals surface area contributed by atoms with Crippen LogP contribution in [-0.4, -0.2) is 70.7 Å². The Morgan fingerprint density at radius 2 is 1.89 bits per heavy atom. The first kappa shape index (κ1) is 18.6. The lowest BCUT2D eigenvalue weighted by molar-refractivity contribution is -0.123. The molecule has 2 aliphatic rings. The number of amides is 2. The molecule has 8 heteroatoms. The van der Waals surface area contributed by atoms with Gasteiger partial charge in [-0.15, -0.1) is 0 Å². The normalized spacial score (nSPS) is 18.8. The van der Waals surface area contributed by atoms with E-state index < -0.39 is 0 Å². The highest BCUT2D eigenvalue weighted by molar-refractivity contribution is 6.17. The molecule has 1 unspecified atom stereocenters. The highest BCUT2D eigenvalue weighted by atomic mass is 16.2. The van der Waals surface area contributed by atoms with Crippen molar-refractivity contribution in [3.8, 4) is 0 Å². The van der Waals surface area contributed by atoms with Gasteiger partial charge in [-0.2, -0.15) is 5.10 Å². The SMILES string of the molecule is CCn1ncc2c1C(=O)Nc1ccccc1N2C(=O)C(C)N1CCN(C)CC1. The number of likely N-dealkylation sites (N-methyl/N-ethyl adjacent to an activating group) is 1. The summed E-state index contributed by atoms with van der Waals surface area (Å²) in [6, 6.07) is 7.12. The molecule has 2 aliphatic heterocycles. The van der Waals surface area contributed by atoms with Crippen molar-refractivity contribution in [1.29, 1.82) is 0 Å². The minimum absolute atomic E-state index is 0.0505. The van der Waals surface area contributed by atoms with Gasteiger partial charge in [0, 0.05) is 32.7 Å². The first-order valence-electron chi connectivity index (χ1n) is 9.74. The van der Waals surface area contributed by atoms with Crippen molar-refractivity contribution < 1.29 is 9.59 Å². The zero-order chi connectivity index (χ0) is 19.8. The van der Waals surface area contributed by atoms with Crippen LogP contribution in [0, 0.1) is 0 Å². The second kappa shape index (κ2) is 7.37. The number of aromatic nitrogens is 2. The number of rotatable bonds is 3. The highest BCUT2D eigenvalue weighted by Crippen LogP contribution is 2.38. The maximum Gasteiger partial charge on any atom is 0.276 e. The molecule has 0 saturated carbocycles. The fraction of sp³-hybridized carbons (Fsp3) is 0.450. The lowest BCUT2D eigenvalue weighted by Crippen LogP contribution is -2.53. The quantitative estimate of drug-likeness (QED) is 0.876. The standard InChI is InChI=1S/C20H26N6O2/c1-4-25-18-17(13-21-25)26(16-8-6-5-7-15(16)22-19(18)27)20(28)14(2)24-11-9-23(3)10-12-24/h5-8,13-14H,4,9-12H2,1-3H3,(H,22,27). The summed E-state index contributed by atoms with van der Waals surface area (Å²) in [5, 5.41) is 7.27. The number of piperazine rings is 1. The van der Waals surface area contributed by atoms with E-state index in [9.17, 15) is 9.59 Å². The Bertz CT molecular complexity index is 900. The predicted octanol–water partition coefficient (Wildman–Crippen LogP) is 1.77. The minimum Gasteiger partial charge on any atom is -0.319 e. The zero-order valence-corrected chi connectivity index (χ0v) is 16.6. The number of carbonyl (C=O) groups is 2. The third-order valence-electron chi connectivity index (χ3n) is 5.63. The molecular formula is C20H26N6O2. The molecule has 0 bridgehead atoms. The smallest absolute Gasteiger partial charge is 0.276 e. The van der Waals surface area contributed by atoms with E-state index in [2.05, 4.69) is 27.3 Å². The van der Waals surface area contributed by atoms with E-state index >= 15 is 0 Å². The number of hydrogen-bond acceptors (Lipinski definition) is 5.